The van der Waals surface area contributed by atoms with Crippen molar-refractivity contribution in [1.82, 2.24) is 4.98 Å². The van der Waals surface area contributed by atoms with Crippen LogP contribution >= 0.6 is 23.1 Å². The van der Waals surface area contributed by atoms with E-state index in [2.05, 4.69) is 16.4 Å². The van der Waals surface area contributed by atoms with E-state index in [4.69, 9.17) is 5.26 Å². The van der Waals surface area contributed by atoms with Crippen molar-refractivity contribution in [2.45, 2.75) is 4.90 Å². The molecule has 0 unspecified atom stereocenters. The van der Waals surface area contributed by atoms with Crippen LogP contribution in [-0.2, 0) is 0 Å². The van der Waals surface area contributed by atoms with Crippen LogP contribution in [0, 0.1) is 11.3 Å². The molecule has 0 atom stereocenters. The zero-order valence-electron chi connectivity index (χ0n) is 9.52. The number of hydrogen-bond donors (Lipinski definition) is 1. The number of nitriles is 1. The fourth-order valence-corrected chi connectivity index (χ4v) is 2.59. The maximum absolute atomic E-state index is 9.08. The summed E-state index contributed by atoms with van der Waals surface area (Å²) in [6.07, 6.45) is 2.04. The van der Waals surface area contributed by atoms with Gasteiger partial charge in [0.05, 0.1) is 0 Å². The molecule has 0 fully saturated rings. The minimum Gasteiger partial charge on any atom is -0.365 e. The first kappa shape index (κ1) is 12.0. The van der Waals surface area contributed by atoms with E-state index < -0.39 is 0 Å². The summed E-state index contributed by atoms with van der Waals surface area (Å²) in [5, 5.41) is 12.8. The van der Waals surface area contributed by atoms with Gasteiger partial charge in [-0.15, -0.1) is 11.8 Å². The van der Waals surface area contributed by atoms with Gasteiger partial charge in [-0.25, -0.2) is 4.98 Å². The lowest BCUT2D eigenvalue weighted by molar-refractivity contribution is 1.34. The lowest BCUT2D eigenvalue weighted by atomic mass is 10.1. The summed E-state index contributed by atoms with van der Waals surface area (Å²) in [7, 11) is 1.81. The van der Waals surface area contributed by atoms with Crippen molar-refractivity contribution < 1.29 is 0 Å². The fraction of sp³-hybridized carbons (Fsp3) is 0.167. The zero-order valence-corrected chi connectivity index (χ0v) is 11.2. The molecule has 1 aromatic heterocycles. The van der Waals surface area contributed by atoms with Gasteiger partial charge in [-0.3, -0.25) is 0 Å². The minimum atomic E-state index is 0.645. The third-order valence-corrected chi connectivity index (χ3v) is 4.03. The van der Waals surface area contributed by atoms with Gasteiger partial charge < -0.3 is 5.32 Å². The molecule has 2 aromatic rings. The molecule has 86 valence electrons. The number of hydrogen-bond acceptors (Lipinski definition) is 5. The van der Waals surface area contributed by atoms with Gasteiger partial charge in [-0.05, 0) is 18.4 Å². The largest absolute Gasteiger partial charge is 0.365 e. The molecule has 0 aliphatic rings. The average Bonchev–Trinajstić information content (AvgIpc) is 2.82. The summed E-state index contributed by atoms with van der Waals surface area (Å²) in [4.78, 5) is 6.25. The molecule has 0 bridgehead atoms. The molecule has 1 heterocycles. The van der Waals surface area contributed by atoms with Crippen molar-refractivity contribution in [2.24, 2.45) is 0 Å². The van der Waals surface area contributed by atoms with Crippen molar-refractivity contribution in [1.29, 1.82) is 5.26 Å². The number of aromatic nitrogens is 1. The van der Waals surface area contributed by atoms with Crippen LogP contribution in [0.4, 0.5) is 5.13 Å². The first-order valence-electron chi connectivity index (χ1n) is 5.01. The topological polar surface area (TPSA) is 48.7 Å². The maximum atomic E-state index is 9.08. The number of rotatable bonds is 3. The maximum Gasteiger partial charge on any atom is 0.184 e. The molecule has 1 N–H and O–H groups in total. The molecule has 0 aliphatic heterocycles. The van der Waals surface area contributed by atoms with Crippen LogP contribution < -0.4 is 5.32 Å². The summed E-state index contributed by atoms with van der Waals surface area (Å²) >= 11 is 3.07. The van der Waals surface area contributed by atoms with Gasteiger partial charge in [-0.1, -0.05) is 23.5 Å². The molecule has 0 saturated heterocycles. The summed E-state index contributed by atoms with van der Waals surface area (Å²) in [5.41, 5.74) is 1.74. The Bertz CT molecular complexity index is 552. The van der Waals surface area contributed by atoms with Crippen LogP contribution in [0.25, 0.3) is 11.3 Å². The molecule has 5 heteroatoms. The van der Waals surface area contributed by atoms with Crippen LogP contribution in [0.2, 0.25) is 0 Å². The van der Waals surface area contributed by atoms with Gasteiger partial charge in [-0.2, -0.15) is 5.26 Å². The lowest BCUT2D eigenvalue weighted by Crippen LogP contribution is -1.86. The Kier molecular flexibility index (Phi) is 3.67. The Balaban J connectivity index is 2.44. The quantitative estimate of drug-likeness (QED) is 0.860. The highest BCUT2D eigenvalue weighted by molar-refractivity contribution is 7.98. The molecule has 0 spiro atoms. The van der Waals surface area contributed by atoms with Crippen LogP contribution in [0.3, 0.4) is 0 Å². The first-order chi connectivity index (χ1) is 8.28. The van der Waals surface area contributed by atoms with E-state index in [1.54, 1.807) is 18.8 Å². The van der Waals surface area contributed by atoms with Crippen LogP contribution in [0.1, 0.15) is 4.88 Å². The molecular formula is C12H11N3S2. The van der Waals surface area contributed by atoms with E-state index in [-0.39, 0.29) is 0 Å². The summed E-state index contributed by atoms with van der Waals surface area (Å²) < 4.78 is 0. The first-order valence-corrected chi connectivity index (χ1v) is 7.05. The SMILES string of the molecule is CNc1nc(-c2ccc(SC)cc2)c(C#N)s1. The molecule has 0 amide bonds. The highest BCUT2D eigenvalue weighted by atomic mass is 32.2. The van der Waals surface area contributed by atoms with E-state index in [0.717, 1.165) is 16.4 Å². The predicted octanol–water partition coefficient (Wildman–Crippen LogP) is 3.45. The molecule has 0 radical (unpaired) electrons. The summed E-state index contributed by atoms with van der Waals surface area (Å²) in [6.45, 7) is 0. The van der Waals surface area contributed by atoms with Gasteiger partial charge in [0.25, 0.3) is 0 Å². The van der Waals surface area contributed by atoms with Crippen LogP contribution in [-0.4, -0.2) is 18.3 Å². The standard InChI is InChI=1S/C12H11N3S2/c1-14-12-15-11(10(7-13)17-12)8-3-5-9(16-2)6-4-8/h3-6H,1-2H3,(H,14,15). The highest BCUT2D eigenvalue weighted by Crippen LogP contribution is 2.31. The number of anilines is 1. The molecule has 0 aliphatic carbocycles. The van der Waals surface area contributed by atoms with Crippen molar-refractivity contribution in [3.8, 4) is 17.3 Å². The fourth-order valence-electron chi connectivity index (χ4n) is 1.45. The number of nitrogens with one attached hydrogen (secondary N) is 1. The Hall–Kier alpha value is -1.51. The monoisotopic (exact) mass is 261 g/mol. The minimum absolute atomic E-state index is 0.645. The number of benzene rings is 1. The zero-order chi connectivity index (χ0) is 12.3. The van der Waals surface area contributed by atoms with E-state index >= 15 is 0 Å². The van der Waals surface area contributed by atoms with Gasteiger partial charge in [0, 0.05) is 17.5 Å². The lowest BCUT2D eigenvalue weighted by Gasteiger charge is -1.99. The third kappa shape index (κ3) is 2.43. The van der Waals surface area contributed by atoms with E-state index in [9.17, 15) is 0 Å². The Morgan fingerprint density at radius 1 is 1.35 bits per heavy atom. The van der Waals surface area contributed by atoms with Gasteiger partial charge in [0.2, 0.25) is 0 Å². The van der Waals surface area contributed by atoms with Crippen molar-refractivity contribution in [3.63, 3.8) is 0 Å². The van der Waals surface area contributed by atoms with Crippen molar-refractivity contribution in [2.75, 3.05) is 18.6 Å². The molecule has 17 heavy (non-hydrogen) atoms. The van der Waals surface area contributed by atoms with Crippen LogP contribution in [0.5, 0.6) is 0 Å². The van der Waals surface area contributed by atoms with Crippen molar-refractivity contribution >= 4 is 28.2 Å². The van der Waals surface area contributed by atoms with Crippen molar-refractivity contribution in [3.05, 3.63) is 29.1 Å². The second kappa shape index (κ2) is 5.21. The summed E-state index contributed by atoms with van der Waals surface area (Å²) in [5.74, 6) is 0. The second-order valence-electron chi connectivity index (χ2n) is 3.29. The molecule has 1 aromatic carbocycles. The molecule has 0 saturated carbocycles. The average molecular weight is 261 g/mol. The summed E-state index contributed by atoms with van der Waals surface area (Å²) in [6, 6.07) is 10.3. The third-order valence-electron chi connectivity index (χ3n) is 2.31. The Morgan fingerprint density at radius 2 is 2.06 bits per heavy atom. The normalized spacial score (nSPS) is 9.94. The van der Waals surface area contributed by atoms with E-state index in [1.807, 2.05) is 30.5 Å². The van der Waals surface area contributed by atoms with Crippen LogP contribution in [0.15, 0.2) is 29.2 Å². The highest BCUT2D eigenvalue weighted by Gasteiger charge is 2.11. The number of thioether (sulfide) groups is 1. The Labute approximate surface area is 109 Å². The predicted molar refractivity (Wildman–Crippen MR) is 73.6 cm³/mol. The molecule has 2 rings (SSSR count). The molecule has 3 nitrogen and oxygen atoms in total. The second-order valence-corrected chi connectivity index (χ2v) is 5.17. The van der Waals surface area contributed by atoms with Gasteiger partial charge in [0.15, 0.2) is 5.13 Å². The molecular weight excluding hydrogens is 250 g/mol. The van der Waals surface area contributed by atoms with Gasteiger partial charge in [0.1, 0.15) is 16.6 Å². The Morgan fingerprint density at radius 3 is 2.59 bits per heavy atom. The number of thiazole rings is 1. The smallest absolute Gasteiger partial charge is 0.184 e. The van der Waals surface area contributed by atoms with Gasteiger partial charge >= 0.3 is 0 Å². The van der Waals surface area contributed by atoms with E-state index in [1.165, 1.54) is 16.2 Å². The number of nitrogens with zero attached hydrogens (tertiary/aromatic N) is 2. The van der Waals surface area contributed by atoms with E-state index in [0.29, 0.717) is 4.88 Å².